The molecule has 2 aromatic rings. The third-order valence-corrected chi connectivity index (χ3v) is 2.25. The predicted octanol–water partition coefficient (Wildman–Crippen LogP) is 3.14. The number of ether oxygens (including phenoxy) is 1. The monoisotopic (exact) mass is 215 g/mol. The van der Waals surface area contributed by atoms with E-state index in [9.17, 15) is 5.11 Å². The van der Waals surface area contributed by atoms with E-state index < -0.39 is 0 Å². The largest absolute Gasteiger partial charge is 0.508 e. The molecule has 0 spiro atoms. The van der Waals surface area contributed by atoms with E-state index >= 15 is 0 Å². The van der Waals surface area contributed by atoms with Gasteiger partial charge in [-0.1, -0.05) is 12.1 Å². The summed E-state index contributed by atoms with van der Waals surface area (Å²) < 4.78 is 5.23. The topological polar surface area (TPSA) is 41.5 Å². The molecule has 0 aromatic heterocycles. The number of anilines is 2. The number of phenolic OH excluding ortho intramolecular Hbond substituents is 1. The third kappa shape index (κ3) is 2.25. The third-order valence-electron chi connectivity index (χ3n) is 2.25. The summed E-state index contributed by atoms with van der Waals surface area (Å²) in [7, 11) is 1.64. The Balaban J connectivity index is 2.23. The summed E-state index contributed by atoms with van der Waals surface area (Å²) in [6.07, 6.45) is 0. The summed E-state index contributed by atoms with van der Waals surface area (Å²) in [5, 5.41) is 12.4. The van der Waals surface area contributed by atoms with Gasteiger partial charge in [-0.2, -0.15) is 0 Å². The number of hydrogen-bond acceptors (Lipinski definition) is 3. The van der Waals surface area contributed by atoms with Crippen molar-refractivity contribution in [2.24, 2.45) is 0 Å². The van der Waals surface area contributed by atoms with E-state index in [1.165, 1.54) is 0 Å². The average Bonchev–Trinajstić information content (AvgIpc) is 2.33. The molecule has 3 nitrogen and oxygen atoms in total. The first kappa shape index (κ1) is 10.4. The summed E-state index contributed by atoms with van der Waals surface area (Å²) in [6, 6.07) is 14.6. The lowest BCUT2D eigenvalue weighted by molar-refractivity contribution is 0.417. The molecule has 2 aromatic carbocycles. The number of rotatable bonds is 3. The highest BCUT2D eigenvalue weighted by molar-refractivity contribution is 5.66. The Morgan fingerprint density at radius 3 is 2.38 bits per heavy atom. The van der Waals surface area contributed by atoms with E-state index in [4.69, 9.17) is 4.74 Å². The van der Waals surface area contributed by atoms with Gasteiger partial charge < -0.3 is 15.2 Å². The zero-order valence-electron chi connectivity index (χ0n) is 8.97. The fourth-order valence-electron chi connectivity index (χ4n) is 1.45. The highest BCUT2D eigenvalue weighted by Crippen LogP contribution is 2.27. The van der Waals surface area contributed by atoms with Gasteiger partial charge in [0.1, 0.15) is 11.5 Å². The molecule has 0 bridgehead atoms. The zero-order valence-corrected chi connectivity index (χ0v) is 8.97. The second-order valence-corrected chi connectivity index (χ2v) is 3.37. The van der Waals surface area contributed by atoms with Gasteiger partial charge in [0.25, 0.3) is 0 Å². The van der Waals surface area contributed by atoms with Gasteiger partial charge >= 0.3 is 0 Å². The van der Waals surface area contributed by atoms with Gasteiger partial charge in [-0.3, -0.25) is 0 Å². The van der Waals surface area contributed by atoms with Crippen molar-refractivity contribution in [1.29, 1.82) is 0 Å². The Hall–Kier alpha value is -2.16. The number of aromatic hydroxyl groups is 1. The SMILES string of the molecule is COc1ccccc1Nc1ccc(O)cc1. The molecule has 0 aliphatic carbocycles. The molecule has 0 aliphatic rings. The Kier molecular flexibility index (Phi) is 2.96. The highest BCUT2D eigenvalue weighted by atomic mass is 16.5. The van der Waals surface area contributed by atoms with Crippen molar-refractivity contribution in [1.82, 2.24) is 0 Å². The maximum atomic E-state index is 9.17. The molecular weight excluding hydrogens is 202 g/mol. The Morgan fingerprint density at radius 1 is 1.00 bits per heavy atom. The molecule has 0 amide bonds. The summed E-state index contributed by atoms with van der Waals surface area (Å²) in [5.74, 6) is 1.04. The second kappa shape index (κ2) is 4.57. The number of methoxy groups -OCH3 is 1. The minimum atomic E-state index is 0.255. The number of hydrogen-bond donors (Lipinski definition) is 2. The van der Waals surface area contributed by atoms with Crippen LogP contribution in [0.5, 0.6) is 11.5 Å². The van der Waals surface area contributed by atoms with Crippen LogP contribution in [0.15, 0.2) is 48.5 Å². The van der Waals surface area contributed by atoms with Crippen molar-refractivity contribution >= 4 is 11.4 Å². The van der Waals surface area contributed by atoms with Crippen LogP contribution < -0.4 is 10.1 Å². The molecule has 0 atom stereocenters. The quantitative estimate of drug-likeness (QED) is 0.773. The minimum absolute atomic E-state index is 0.255. The van der Waals surface area contributed by atoms with Gasteiger partial charge in [0.2, 0.25) is 0 Å². The van der Waals surface area contributed by atoms with Crippen LogP contribution >= 0.6 is 0 Å². The fraction of sp³-hybridized carbons (Fsp3) is 0.0769. The van der Waals surface area contributed by atoms with Crippen LogP contribution in [0.2, 0.25) is 0 Å². The first-order chi connectivity index (χ1) is 7.79. The molecule has 0 aliphatic heterocycles. The van der Waals surface area contributed by atoms with Crippen LogP contribution in [-0.4, -0.2) is 12.2 Å². The highest BCUT2D eigenvalue weighted by Gasteiger charge is 2.01. The molecule has 0 fully saturated rings. The standard InChI is InChI=1S/C13H13NO2/c1-16-13-5-3-2-4-12(13)14-10-6-8-11(15)9-7-10/h2-9,14-15H,1H3. The van der Waals surface area contributed by atoms with Gasteiger partial charge in [-0.15, -0.1) is 0 Å². The number of para-hydroxylation sites is 2. The van der Waals surface area contributed by atoms with Gasteiger partial charge in [0, 0.05) is 5.69 Å². The fourth-order valence-corrected chi connectivity index (χ4v) is 1.45. The number of nitrogens with one attached hydrogen (secondary N) is 1. The number of phenols is 1. The van der Waals surface area contributed by atoms with Gasteiger partial charge in [-0.05, 0) is 36.4 Å². The molecular formula is C13H13NO2. The van der Waals surface area contributed by atoms with Crippen LogP contribution in [-0.2, 0) is 0 Å². The lowest BCUT2D eigenvalue weighted by atomic mass is 10.2. The van der Waals surface area contributed by atoms with E-state index in [1.54, 1.807) is 19.2 Å². The van der Waals surface area contributed by atoms with E-state index in [0.717, 1.165) is 17.1 Å². The van der Waals surface area contributed by atoms with Crippen molar-refractivity contribution < 1.29 is 9.84 Å². The van der Waals surface area contributed by atoms with Crippen molar-refractivity contribution in [3.8, 4) is 11.5 Å². The maximum absolute atomic E-state index is 9.17. The lowest BCUT2D eigenvalue weighted by Gasteiger charge is -2.10. The summed E-state index contributed by atoms with van der Waals surface area (Å²) in [6.45, 7) is 0. The van der Waals surface area contributed by atoms with Gasteiger partial charge in [0.05, 0.1) is 12.8 Å². The molecule has 2 rings (SSSR count). The van der Waals surface area contributed by atoms with E-state index in [0.29, 0.717) is 0 Å². The average molecular weight is 215 g/mol. The van der Waals surface area contributed by atoms with Crippen LogP contribution in [0, 0.1) is 0 Å². The first-order valence-electron chi connectivity index (χ1n) is 4.98. The molecule has 16 heavy (non-hydrogen) atoms. The van der Waals surface area contributed by atoms with E-state index in [2.05, 4.69) is 5.32 Å². The molecule has 3 heteroatoms. The Bertz CT molecular complexity index is 466. The summed E-state index contributed by atoms with van der Waals surface area (Å²) >= 11 is 0. The molecule has 0 unspecified atom stereocenters. The molecule has 0 heterocycles. The first-order valence-corrected chi connectivity index (χ1v) is 4.98. The van der Waals surface area contributed by atoms with Crippen LogP contribution in [0.3, 0.4) is 0 Å². The summed E-state index contributed by atoms with van der Waals surface area (Å²) in [4.78, 5) is 0. The number of benzene rings is 2. The maximum Gasteiger partial charge on any atom is 0.142 e. The van der Waals surface area contributed by atoms with Crippen LogP contribution in [0.4, 0.5) is 11.4 Å². The molecule has 82 valence electrons. The molecule has 2 N–H and O–H groups in total. The van der Waals surface area contributed by atoms with E-state index in [-0.39, 0.29) is 5.75 Å². The molecule has 0 radical (unpaired) electrons. The predicted molar refractivity (Wildman–Crippen MR) is 64.4 cm³/mol. The van der Waals surface area contributed by atoms with Gasteiger partial charge in [-0.25, -0.2) is 0 Å². The van der Waals surface area contributed by atoms with Crippen molar-refractivity contribution in [2.45, 2.75) is 0 Å². The Labute approximate surface area is 94.3 Å². The van der Waals surface area contributed by atoms with Gasteiger partial charge in [0.15, 0.2) is 0 Å². The van der Waals surface area contributed by atoms with Crippen molar-refractivity contribution in [2.75, 3.05) is 12.4 Å². The van der Waals surface area contributed by atoms with E-state index in [1.807, 2.05) is 36.4 Å². The summed E-state index contributed by atoms with van der Waals surface area (Å²) in [5.41, 5.74) is 1.80. The smallest absolute Gasteiger partial charge is 0.142 e. The normalized spacial score (nSPS) is 9.81. The van der Waals surface area contributed by atoms with Crippen LogP contribution in [0.25, 0.3) is 0 Å². The second-order valence-electron chi connectivity index (χ2n) is 3.37. The Morgan fingerprint density at radius 2 is 1.69 bits per heavy atom. The lowest BCUT2D eigenvalue weighted by Crippen LogP contribution is -1.93. The van der Waals surface area contributed by atoms with Crippen LogP contribution in [0.1, 0.15) is 0 Å². The van der Waals surface area contributed by atoms with Crippen molar-refractivity contribution in [3.63, 3.8) is 0 Å². The minimum Gasteiger partial charge on any atom is -0.508 e. The van der Waals surface area contributed by atoms with Crippen molar-refractivity contribution in [3.05, 3.63) is 48.5 Å². The molecule has 0 saturated carbocycles. The zero-order chi connectivity index (χ0) is 11.4. The molecule has 0 saturated heterocycles.